The molecule has 25 heavy (non-hydrogen) atoms. The van der Waals surface area contributed by atoms with Crippen LogP contribution in [0.15, 0.2) is 84.0 Å². The number of para-hydroxylation sites is 1. The van der Waals surface area contributed by atoms with Gasteiger partial charge in [-0.25, -0.2) is 4.39 Å². The van der Waals surface area contributed by atoms with Gasteiger partial charge in [0.05, 0.1) is 17.4 Å². The molecular formula is C22H19FN2. The zero-order valence-corrected chi connectivity index (χ0v) is 14.1. The molecule has 3 aromatic carbocycles. The summed E-state index contributed by atoms with van der Waals surface area (Å²) < 4.78 is 13.3. The van der Waals surface area contributed by atoms with Crippen LogP contribution in [0.25, 0.3) is 0 Å². The van der Waals surface area contributed by atoms with Crippen molar-refractivity contribution in [1.82, 2.24) is 0 Å². The van der Waals surface area contributed by atoms with E-state index in [-0.39, 0.29) is 11.9 Å². The third-order valence-electron chi connectivity index (χ3n) is 4.57. The fourth-order valence-electron chi connectivity index (χ4n) is 3.19. The van der Waals surface area contributed by atoms with Crippen LogP contribution in [-0.4, -0.2) is 5.71 Å². The maximum Gasteiger partial charge on any atom is 0.123 e. The Kier molecular flexibility index (Phi) is 4.06. The first kappa shape index (κ1) is 15.6. The normalized spacial score (nSPS) is 16.8. The Morgan fingerprint density at radius 2 is 1.56 bits per heavy atom. The van der Waals surface area contributed by atoms with Crippen LogP contribution in [0.2, 0.25) is 0 Å². The molecule has 0 unspecified atom stereocenters. The second kappa shape index (κ2) is 6.52. The van der Waals surface area contributed by atoms with E-state index in [1.54, 1.807) is 0 Å². The summed E-state index contributed by atoms with van der Waals surface area (Å²) in [5.74, 6) is -0.215. The maximum atomic E-state index is 13.3. The average molecular weight is 330 g/mol. The van der Waals surface area contributed by atoms with Crippen molar-refractivity contribution in [2.75, 3.05) is 5.01 Å². The lowest BCUT2D eigenvalue weighted by Gasteiger charge is -2.23. The molecule has 1 atom stereocenters. The van der Waals surface area contributed by atoms with Gasteiger partial charge in [0.2, 0.25) is 0 Å². The van der Waals surface area contributed by atoms with Crippen molar-refractivity contribution in [3.8, 4) is 0 Å². The number of halogens is 1. The Morgan fingerprint density at radius 1 is 0.880 bits per heavy atom. The highest BCUT2D eigenvalue weighted by molar-refractivity contribution is 6.03. The second-order valence-electron chi connectivity index (χ2n) is 6.36. The van der Waals surface area contributed by atoms with E-state index >= 15 is 0 Å². The largest absolute Gasteiger partial charge is 0.257 e. The van der Waals surface area contributed by atoms with E-state index in [0.717, 1.165) is 28.9 Å². The quantitative estimate of drug-likeness (QED) is 0.620. The summed E-state index contributed by atoms with van der Waals surface area (Å²) in [6.45, 7) is 2.08. The van der Waals surface area contributed by atoms with Crippen LogP contribution < -0.4 is 5.01 Å². The average Bonchev–Trinajstić information content (AvgIpc) is 3.09. The van der Waals surface area contributed by atoms with Gasteiger partial charge >= 0.3 is 0 Å². The minimum absolute atomic E-state index is 0.0688. The summed E-state index contributed by atoms with van der Waals surface area (Å²) in [5.41, 5.74) is 5.53. The monoisotopic (exact) mass is 330 g/mol. The Hall–Kier alpha value is -2.94. The molecule has 3 aromatic rings. The molecule has 0 saturated heterocycles. The number of hydrogen-bond acceptors (Lipinski definition) is 2. The molecule has 3 heteroatoms. The molecule has 1 heterocycles. The maximum absolute atomic E-state index is 13.3. The third kappa shape index (κ3) is 3.18. The van der Waals surface area contributed by atoms with Crippen LogP contribution in [0.5, 0.6) is 0 Å². The fraction of sp³-hybridized carbons (Fsp3) is 0.136. The van der Waals surface area contributed by atoms with Crippen LogP contribution in [0.1, 0.15) is 29.2 Å². The van der Waals surface area contributed by atoms with Gasteiger partial charge in [-0.05, 0) is 42.3 Å². The summed E-state index contributed by atoms with van der Waals surface area (Å²) in [4.78, 5) is 0. The zero-order chi connectivity index (χ0) is 17.2. The predicted octanol–water partition coefficient (Wildman–Crippen LogP) is 5.49. The number of benzene rings is 3. The van der Waals surface area contributed by atoms with Crippen LogP contribution in [0.3, 0.4) is 0 Å². The van der Waals surface area contributed by atoms with E-state index < -0.39 is 0 Å². The van der Waals surface area contributed by atoms with Gasteiger partial charge in [-0.3, -0.25) is 5.01 Å². The lowest BCUT2D eigenvalue weighted by molar-refractivity contribution is 0.624. The summed E-state index contributed by atoms with van der Waals surface area (Å²) in [7, 11) is 0. The first-order valence-electron chi connectivity index (χ1n) is 8.45. The van der Waals surface area contributed by atoms with Crippen molar-refractivity contribution in [3.63, 3.8) is 0 Å². The standard InChI is InChI=1S/C22H19FN2/c1-16-7-9-17(10-8-16)21-15-22(18-11-13-19(23)14-12-18)25(24-21)20-5-3-2-4-6-20/h2-14,22H,15H2,1H3/t22-/m0/s1. The minimum Gasteiger partial charge on any atom is -0.257 e. The molecule has 0 spiro atoms. The molecule has 0 aromatic heterocycles. The number of nitrogens with zero attached hydrogens (tertiary/aromatic N) is 2. The predicted molar refractivity (Wildman–Crippen MR) is 100 cm³/mol. The van der Waals surface area contributed by atoms with Crippen LogP contribution >= 0.6 is 0 Å². The summed E-state index contributed by atoms with van der Waals surface area (Å²) in [6.07, 6.45) is 0.795. The van der Waals surface area contributed by atoms with Crippen LogP contribution in [0, 0.1) is 12.7 Å². The number of hydrogen-bond donors (Lipinski definition) is 0. The van der Waals surface area contributed by atoms with Gasteiger partial charge in [0.15, 0.2) is 0 Å². The van der Waals surface area contributed by atoms with Gasteiger partial charge in [0.1, 0.15) is 5.82 Å². The SMILES string of the molecule is Cc1ccc(C2=NN(c3ccccc3)[C@H](c3ccc(F)cc3)C2)cc1. The van der Waals surface area contributed by atoms with Gasteiger partial charge in [-0.1, -0.05) is 60.2 Å². The molecular weight excluding hydrogens is 311 g/mol. The van der Waals surface area contributed by atoms with Crippen molar-refractivity contribution in [2.24, 2.45) is 5.10 Å². The van der Waals surface area contributed by atoms with Crippen LogP contribution in [0.4, 0.5) is 10.1 Å². The highest BCUT2D eigenvalue weighted by Crippen LogP contribution is 2.36. The van der Waals surface area contributed by atoms with Gasteiger partial charge in [0.25, 0.3) is 0 Å². The van der Waals surface area contributed by atoms with E-state index in [1.165, 1.54) is 17.7 Å². The molecule has 0 amide bonds. The lowest BCUT2D eigenvalue weighted by Crippen LogP contribution is -2.18. The van der Waals surface area contributed by atoms with E-state index in [2.05, 4.69) is 43.3 Å². The molecule has 1 aliphatic heterocycles. The van der Waals surface area contributed by atoms with Crippen molar-refractivity contribution < 1.29 is 4.39 Å². The second-order valence-corrected chi connectivity index (χ2v) is 6.36. The Balaban J connectivity index is 1.73. The summed E-state index contributed by atoms with van der Waals surface area (Å²) >= 11 is 0. The van der Waals surface area contributed by atoms with Crippen molar-refractivity contribution >= 4 is 11.4 Å². The van der Waals surface area contributed by atoms with Crippen LogP contribution in [-0.2, 0) is 0 Å². The number of hydrazone groups is 1. The molecule has 0 saturated carbocycles. The van der Waals surface area contributed by atoms with Gasteiger partial charge < -0.3 is 0 Å². The van der Waals surface area contributed by atoms with Gasteiger partial charge in [-0.2, -0.15) is 5.10 Å². The molecule has 0 bridgehead atoms. The van der Waals surface area contributed by atoms with Crippen molar-refractivity contribution in [2.45, 2.75) is 19.4 Å². The molecule has 0 aliphatic carbocycles. The third-order valence-corrected chi connectivity index (χ3v) is 4.57. The first-order chi connectivity index (χ1) is 12.2. The van der Waals surface area contributed by atoms with Gasteiger partial charge in [-0.15, -0.1) is 0 Å². The van der Waals surface area contributed by atoms with E-state index in [1.807, 2.05) is 35.3 Å². The Labute approximate surface area is 147 Å². The summed E-state index contributed by atoms with van der Waals surface area (Å²) in [5, 5.41) is 6.94. The number of aryl methyl sites for hydroxylation is 1. The summed E-state index contributed by atoms with van der Waals surface area (Å²) in [6, 6.07) is 25.4. The number of rotatable bonds is 3. The smallest absolute Gasteiger partial charge is 0.123 e. The fourth-order valence-corrected chi connectivity index (χ4v) is 3.19. The first-order valence-corrected chi connectivity index (χ1v) is 8.45. The molecule has 0 radical (unpaired) electrons. The molecule has 0 fully saturated rings. The molecule has 4 rings (SSSR count). The van der Waals surface area contributed by atoms with E-state index in [4.69, 9.17) is 5.10 Å². The highest BCUT2D eigenvalue weighted by Gasteiger charge is 2.29. The zero-order valence-electron chi connectivity index (χ0n) is 14.1. The van der Waals surface area contributed by atoms with Gasteiger partial charge in [0, 0.05) is 6.42 Å². The van der Waals surface area contributed by atoms with Crippen molar-refractivity contribution in [1.29, 1.82) is 0 Å². The molecule has 0 N–H and O–H groups in total. The molecule has 124 valence electrons. The van der Waals surface area contributed by atoms with Crippen molar-refractivity contribution in [3.05, 3.63) is 101 Å². The Bertz CT molecular complexity index is 884. The topological polar surface area (TPSA) is 15.6 Å². The molecule has 2 nitrogen and oxygen atoms in total. The van der Waals surface area contributed by atoms with E-state index in [0.29, 0.717) is 0 Å². The Morgan fingerprint density at radius 3 is 2.24 bits per heavy atom. The number of anilines is 1. The van der Waals surface area contributed by atoms with E-state index in [9.17, 15) is 4.39 Å². The highest BCUT2D eigenvalue weighted by atomic mass is 19.1. The molecule has 1 aliphatic rings. The minimum atomic E-state index is -0.215. The lowest BCUT2D eigenvalue weighted by atomic mass is 9.98.